The molecule has 2 aromatic rings. The maximum Gasteiger partial charge on any atom is 0.134 e. The van der Waals surface area contributed by atoms with E-state index in [4.69, 9.17) is 27.9 Å². The number of rotatable bonds is 4. The summed E-state index contributed by atoms with van der Waals surface area (Å²) in [7, 11) is 0. The molecule has 1 aromatic carbocycles. The van der Waals surface area contributed by atoms with E-state index in [0.717, 1.165) is 11.1 Å². The smallest absolute Gasteiger partial charge is 0.134 e. The fourth-order valence-corrected chi connectivity index (χ4v) is 1.82. The molecule has 0 atom stereocenters. The van der Waals surface area contributed by atoms with Gasteiger partial charge in [-0.2, -0.15) is 0 Å². The van der Waals surface area contributed by atoms with Crippen molar-refractivity contribution in [3.05, 3.63) is 63.9 Å². The van der Waals surface area contributed by atoms with Gasteiger partial charge in [-0.05, 0) is 23.8 Å². The Morgan fingerprint density at radius 3 is 2.71 bits per heavy atom. The molecule has 1 aromatic heterocycles. The zero-order valence-electron chi connectivity index (χ0n) is 9.07. The Bertz CT molecular complexity index is 502. The Morgan fingerprint density at radius 1 is 1.06 bits per heavy atom. The van der Waals surface area contributed by atoms with Crippen molar-refractivity contribution in [1.29, 1.82) is 0 Å². The van der Waals surface area contributed by atoms with Gasteiger partial charge in [-0.1, -0.05) is 41.4 Å². The summed E-state index contributed by atoms with van der Waals surface area (Å²) < 4.78 is 5.56. The molecule has 0 saturated heterocycles. The zero-order chi connectivity index (χ0) is 12.1. The van der Waals surface area contributed by atoms with Crippen molar-refractivity contribution in [1.82, 2.24) is 4.98 Å². The lowest BCUT2D eigenvalue weighted by molar-refractivity contribution is 0.107. The van der Waals surface area contributed by atoms with Gasteiger partial charge in [0.05, 0.1) is 13.2 Å². The van der Waals surface area contributed by atoms with Gasteiger partial charge in [-0.25, -0.2) is 4.98 Å². The molecule has 0 amide bonds. The molecule has 0 aliphatic carbocycles. The lowest BCUT2D eigenvalue weighted by Crippen LogP contribution is -1.95. The number of ether oxygens (including phenoxy) is 1. The lowest BCUT2D eigenvalue weighted by atomic mass is 10.2. The van der Waals surface area contributed by atoms with E-state index in [-0.39, 0.29) is 0 Å². The molecule has 0 fully saturated rings. The van der Waals surface area contributed by atoms with Crippen LogP contribution >= 0.6 is 23.2 Å². The Balaban J connectivity index is 1.90. The van der Waals surface area contributed by atoms with E-state index in [1.54, 1.807) is 6.20 Å². The first-order chi connectivity index (χ1) is 8.25. The number of hydrogen-bond donors (Lipinski definition) is 0. The third-order valence-corrected chi connectivity index (χ3v) is 2.83. The molecule has 1 heterocycles. The average molecular weight is 268 g/mol. The van der Waals surface area contributed by atoms with Crippen LogP contribution in [0.15, 0.2) is 42.6 Å². The number of hydrogen-bond acceptors (Lipinski definition) is 2. The van der Waals surface area contributed by atoms with Gasteiger partial charge in [0.25, 0.3) is 0 Å². The van der Waals surface area contributed by atoms with Gasteiger partial charge in [0, 0.05) is 16.8 Å². The third-order valence-electron chi connectivity index (χ3n) is 2.25. The molecule has 2 rings (SSSR count). The Kier molecular flexibility index (Phi) is 4.37. The Hall–Kier alpha value is -1.09. The molecule has 0 spiro atoms. The summed E-state index contributed by atoms with van der Waals surface area (Å²) in [5, 5.41) is 1.20. The van der Waals surface area contributed by atoms with E-state index in [1.807, 2.05) is 36.4 Å². The van der Waals surface area contributed by atoms with Crippen LogP contribution in [0.25, 0.3) is 0 Å². The minimum absolute atomic E-state index is 0.444. The zero-order valence-corrected chi connectivity index (χ0v) is 10.6. The summed E-state index contributed by atoms with van der Waals surface area (Å²) >= 11 is 11.8. The van der Waals surface area contributed by atoms with Crippen LogP contribution in [0.1, 0.15) is 11.1 Å². The number of benzene rings is 1. The van der Waals surface area contributed by atoms with Crippen molar-refractivity contribution >= 4 is 23.2 Å². The quantitative estimate of drug-likeness (QED) is 0.778. The SMILES string of the molecule is Clc1cccc(COCc2cccnc2Cl)c1. The van der Waals surface area contributed by atoms with Crippen molar-refractivity contribution in [2.45, 2.75) is 13.2 Å². The molecule has 0 bridgehead atoms. The summed E-state index contributed by atoms with van der Waals surface area (Å²) in [6.07, 6.45) is 1.66. The van der Waals surface area contributed by atoms with Gasteiger partial charge in [-0.15, -0.1) is 0 Å². The maximum atomic E-state index is 5.92. The van der Waals surface area contributed by atoms with E-state index in [2.05, 4.69) is 4.98 Å². The second-order valence-corrected chi connectivity index (χ2v) is 4.37. The van der Waals surface area contributed by atoms with E-state index in [0.29, 0.717) is 23.4 Å². The molecule has 0 radical (unpaired) electrons. The molecule has 0 aliphatic heterocycles. The molecule has 4 heteroatoms. The van der Waals surface area contributed by atoms with Crippen molar-refractivity contribution in [2.24, 2.45) is 0 Å². The molecule has 0 aliphatic rings. The number of nitrogens with zero attached hydrogens (tertiary/aromatic N) is 1. The first-order valence-corrected chi connectivity index (χ1v) is 5.93. The normalized spacial score (nSPS) is 10.5. The molecule has 0 unspecified atom stereocenters. The average Bonchev–Trinajstić information content (AvgIpc) is 2.32. The third kappa shape index (κ3) is 3.70. The van der Waals surface area contributed by atoms with Gasteiger partial charge in [0.1, 0.15) is 5.15 Å². The fourth-order valence-electron chi connectivity index (χ4n) is 1.43. The van der Waals surface area contributed by atoms with Crippen LogP contribution < -0.4 is 0 Å². The second kappa shape index (κ2) is 6.01. The molecular formula is C13H11Cl2NO. The van der Waals surface area contributed by atoms with Crippen LogP contribution in [0, 0.1) is 0 Å². The van der Waals surface area contributed by atoms with E-state index in [1.165, 1.54) is 0 Å². The predicted octanol–water partition coefficient (Wildman–Crippen LogP) is 4.11. The van der Waals surface area contributed by atoms with Crippen molar-refractivity contribution in [2.75, 3.05) is 0 Å². The maximum absolute atomic E-state index is 5.92. The highest BCUT2D eigenvalue weighted by molar-refractivity contribution is 6.30. The monoisotopic (exact) mass is 267 g/mol. The fraction of sp³-hybridized carbons (Fsp3) is 0.154. The first-order valence-electron chi connectivity index (χ1n) is 5.17. The largest absolute Gasteiger partial charge is 0.372 e. The lowest BCUT2D eigenvalue weighted by Gasteiger charge is -2.05. The minimum atomic E-state index is 0.444. The van der Waals surface area contributed by atoms with Gasteiger partial charge < -0.3 is 4.74 Å². The minimum Gasteiger partial charge on any atom is -0.372 e. The highest BCUT2D eigenvalue weighted by Crippen LogP contribution is 2.15. The van der Waals surface area contributed by atoms with Crippen LogP contribution in [-0.2, 0) is 18.0 Å². The molecular weight excluding hydrogens is 257 g/mol. The molecule has 17 heavy (non-hydrogen) atoms. The Labute approximate surface area is 110 Å². The van der Waals surface area contributed by atoms with Crippen LogP contribution in [0.3, 0.4) is 0 Å². The standard InChI is InChI=1S/C13H11Cl2NO/c14-12-5-1-3-10(7-12)8-17-9-11-4-2-6-16-13(11)15/h1-7H,8-9H2. The summed E-state index contributed by atoms with van der Waals surface area (Å²) in [6, 6.07) is 11.3. The number of halogens is 2. The van der Waals surface area contributed by atoms with Crippen molar-refractivity contribution in [3.8, 4) is 0 Å². The number of aromatic nitrogens is 1. The summed E-state index contributed by atoms with van der Waals surface area (Å²) in [5.41, 5.74) is 1.92. The van der Waals surface area contributed by atoms with Crippen LogP contribution in [-0.4, -0.2) is 4.98 Å². The van der Waals surface area contributed by atoms with Gasteiger partial charge in [0.2, 0.25) is 0 Å². The first kappa shape index (κ1) is 12.4. The predicted molar refractivity (Wildman–Crippen MR) is 69.2 cm³/mol. The van der Waals surface area contributed by atoms with E-state index < -0.39 is 0 Å². The highest BCUT2D eigenvalue weighted by atomic mass is 35.5. The van der Waals surface area contributed by atoms with Gasteiger partial charge in [0.15, 0.2) is 0 Å². The summed E-state index contributed by atoms with van der Waals surface area (Å²) in [4.78, 5) is 3.98. The van der Waals surface area contributed by atoms with Crippen LogP contribution in [0.5, 0.6) is 0 Å². The van der Waals surface area contributed by atoms with Gasteiger partial charge >= 0.3 is 0 Å². The van der Waals surface area contributed by atoms with E-state index >= 15 is 0 Å². The summed E-state index contributed by atoms with van der Waals surface area (Å²) in [6.45, 7) is 0.949. The molecule has 0 saturated carbocycles. The highest BCUT2D eigenvalue weighted by Gasteiger charge is 2.00. The molecule has 2 nitrogen and oxygen atoms in total. The van der Waals surface area contributed by atoms with Crippen LogP contribution in [0.2, 0.25) is 10.2 Å². The van der Waals surface area contributed by atoms with Crippen molar-refractivity contribution < 1.29 is 4.74 Å². The van der Waals surface area contributed by atoms with Crippen LogP contribution in [0.4, 0.5) is 0 Å². The Morgan fingerprint density at radius 2 is 1.94 bits per heavy atom. The summed E-state index contributed by atoms with van der Waals surface area (Å²) in [5.74, 6) is 0. The topological polar surface area (TPSA) is 22.1 Å². The van der Waals surface area contributed by atoms with E-state index in [9.17, 15) is 0 Å². The van der Waals surface area contributed by atoms with Crippen molar-refractivity contribution in [3.63, 3.8) is 0 Å². The molecule has 88 valence electrons. The molecule has 0 N–H and O–H groups in total. The second-order valence-electron chi connectivity index (χ2n) is 3.58. The van der Waals surface area contributed by atoms with Gasteiger partial charge in [-0.3, -0.25) is 0 Å². The number of pyridine rings is 1.